The maximum Gasteiger partial charge on any atom is 4.00 e. The molecule has 0 heterocycles. The van der Waals surface area contributed by atoms with E-state index in [0.717, 1.165) is 0 Å². The molecule has 0 aromatic carbocycles. The molecular weight excluding hydrogens is 310 g/mol. The normalized spacial score (nSPS) is 1.33. The van der Waals surface area contributed by atoms with Crippen molar-refractivity contribution in [2.24, 2.45) is 0 Å². The van der Waals surface area contributed by atoms with Gasteiger partial charge >= 0.3 is 59.0 Å². The zero-order valence-corrected chi connectivity index (χ0v) is 9.95. The van der Waals surface area contributed by atoms with Crippen molar-refractivity contribution < 1.29 is 14.4 Å². The van der Waals surface area contributed by atoms with Crippen LogP contribution in [0.3, 0.4) is 0 Å². The molecule has 6 heteroatoms. The first-order valence-corrected chi connectivity index (χ1v) is 1.22. The minimum Gasteiger partial charge on any atom is -2.00 e. The van der Waals surface area contributed by atoms with Crippen LogP contribution in [0.25, 0.3) is 0 Å². The molecule has 0 radical (unpaired) electrons. The molecule has 3 nitrogen and oxygen atoms in total. The van der Waals surface area contributed by atoms with Crippen LogP contribution in [0.15, 0.2) is 0 Å². The van der Waals surface area contributed by atoms with E-state index in [1.165, 1.54) is 0 Å². The minimum atomic E-state index is -1.42. The number of hydrogen-bond donors (Lipinski definition) is 0. The predicted octanol–water partition coefficient (Wildman–Crippen LogP) is -1.50. The molecule has 0 rings (SSSR count). The van der Waals surface area contributed by atoms with Gasteiger partial charge in [-0.15, -0.1) is 0 Å². The summed E-state index contributed by atoms with van der Waals surface area (Å²) in [6.45, 7) is 0. The molecule has 0 aromatic heterocycles. The fraction of sp³-hybridized carbons (Fsp3) is 0. The Bertz CT molecular complexity index is 31.8. The third-order valence-corrected chi connectivity index (χ3v) is 0. The third kappa shape index (κ3) is 51.5. The quantitative estimate of drug-likeness (QED) is 0.511. The van der Waals surface area contributed by atoms with Crippen molar-refractivity contribution >= 4 is 59.0 Å². The second kappa shape index (κ2) is 32.0. The molecule has 24 valence electrons. The second-order valence-corrected chi connectivity index (χ2v) is 0.250. The van der Waals surface area contributed by atoms with Crippen LogP contribution in [0.4, 0.5) is 0 Å². The molecule has 0 fully saturated rings. The van der Waals surface area contributed by atoms with E-state index in [2.05, 4.69) is 0 Å². The molecule has 0 aliphatic carbocycles. The van der Waals surface area contributed by atoms with Crippen molar-refractivity contribution in [1.29, 1.82) is 0 Å². The SMILES string of the molecule is O=[Si]=O.[In+3].[O-2].[Sn+4]. The summed E-state index contributed by atoms with van der Waals surface area (Å²) in [5.41, 5.74) is 0. The monoisotopic (exact) mass is 311 g/mol. The van der Waals surface area contributed by atoms with E-state index in [0.29, 0.717) is 0 Å². The zero-order chi connectivity index (χ0) is 2.71. The van der Waals surface area contributed by atoms with Crippen LogP contribution < -0.4 is 0 Å². The molecule has 0 aromatic rings. The molecule has 6 heavy (non-hydrogen) atoms. The molecule has 0 bridgehead atoms. The summed E-state index contributed by atoms with van der Waals surface area (Å²) >= 11 is 0. The van der Waals surface area contributed by atoms with Crippen molar-refractivity contribution in [3.63, 3.8) is 0 Å². The number of hydrogen-bond acceptors (Lipinski definition) is 2. The van der Waals surface area contributed by atoms with Crippen LogP contribution in [0.2, 0.25) is 0 Å². The fourth-order valence-electron chi connectivity index (χ4n) is 0. The molecule has 0 N–H and O–H groups in total. The average Bonchev–Trinajstić information content (AvgIpc) is 0.918. The Balaban J connectivity index is -0.00000000667. The van der Waals surface area contributed by atoms with Gasteiger partial charge in [0.15, 0.2) is 0 Å². The maximum absolute atomic E-state index is 8.40. The van der Waals surface area contributed by atoms with Crippen LogP contribution in [0, 0.1) is 0 Å². The average molecular weight is 310 g/mol. The third-order valence-electron chi connectivity index (χ3n) is 0. The van der Waals surface area contributed by atoms with Crippen molar-refractivity contribution in [3.8, 4) is 0 Å². The van der Waals surface area contributed by atoms with Crippen LogP contribution in [-0.2, 0) is 14.4 Å². The smallest absolute Gasteiger partial charge is 2.00 e. The van der Waals surface area contributed by atoms with Gasteiger partial charge in [-0.2, -0.15) is 0 Å². The summed E-state index contributed by atoms with van der Waals surface area (Å²) < 4.78 is 16.8. The van der Waals surface area contributed by atoms with Gasteiger partial charge < -0.3 is 5.48 Å². The summed E-state index contributed by atoms with van der Waals surface area (Å²) in [4.78, 5) is 0. The first-order valence-electron chi connectivity index (χ1n) is 0.408. The Labute approximate surface area is 72.9 Å². The van der Waals surface area contributed by atoms with Crippen LogP contribution in [0.5, 0.6) is 0 Å². The summed E-state index contributed by atoms with van der Waals surface area (Å²) in [6, 6.07) is 0. The van der Waals surface area contributed by atoms with Gasteiger partial charge in [-0.1, -0.05) is 0 Å². The van der Waals surface area contributed by atoms with Gasteiger partial charge in [0.2, 0.25) is 0 Å². The Morgan fingerprint density at radius 3 is 1.17 bits per heavy atom. The summed E-state index contributed by atoms with van der Waals surface area (Å²) in [5.74, 6) is 0. The van der Waals surface area contributed by atoms with E-state index < -0.39 is 9.29 Å². The Hall–Kier alpha value is 1.45. The van der Waals surface area contributed by atoms with Gasteiger partial charge in [0.1, 0.15) is 0 Å². The summed E-state index contributed by atoms with van der Waals surface area (Å²) in [7, 11) is -1.42. The van der Waals surface area contributed by atoms with Crippen LogP contribution >= 0.6 is 0 Å². The van der Waals surface area contributed by atoms with Crippen molar-refractivity contribution in [2.75, 3.05) is 0 Å². The minimum absolute atomic E-state index is 0. The van der Waals surface area contributed by atoms with Gasteiger partial charge in [-0.05, 0) is 0 Å². The fourth-order valence-corrected chi connectivity index (χ4v) is 0. The molecule has 0 spiro atoms. The maximum atomic E-state index is 8.40. The standard InChI is InChI=1S/In.O2Si.O.Sn/c;1-3-2;;/q+3;;-2;+4. The van der Waals surface area contributed by atoms with E-state index in [-0.39, 0.29) is 55.2 Å². The zero-order valence-electron chi connectivity index (χ0n) is 2.80. The Morgan fingerprint density at radius 2 is 1.17 bits per heavy atom. The topological polar surface area (TPSA) is 62.6 Å². The van der Waals surface area contributed by atoms with Gasteiger partial charge in [0.25, 0.3) is 0 Å². The second-order valence-electron chi connectivity index (χ2n) is 0.0833. The van der Waals surface area contributed by atoms with Crippen LogP contribution in [-0.4, -0.2) is 59.0 Å². The molecular formula is InO3SiSn+5. The van der Waals surface area contributed by atoms with E-state index in [9.17, 15) is 0 Å². The largest absolute Gasteiger partial charge is 4.00 e. The van der Waals surface area contributed by atoms with E-state index in [4.69, 9.17) is 8.92 Å². The van der Waals surface area contributed by atoms with Crippen LogP contribution in [0.1, 0.15) is 0 Å². The predicted molar refractivity (Wildman–Crippen MR) is 19.3 cm³/mol. The van der Waals surface area contributed by atoms with Gasteiger partial charge in [-0.25, -0.2) is 0 Å². The first kappa shape index (κ1) is 26.1. The molecule has 0 saturated carbocycles. The molecule has 0 unspecified atom stereocenters. The molecule has 0 saturated heterocycles. The van der Waals surface area contributed by atoms with Gasteiger partial charge in [0, 0.05) is 0 Å². The molecule has 0 atom stereocenters. The number of rotatable bonds is 0. The van der Waals surface area contributed by atoms with E-state index in [1.54, 1.807) is 0 Å². The van der Waals surface area contributed by atoms with Gasteiger partial charge in [-0.3, -0.25) is 8.92 Å². The van der Waals surface area contributed by atoms with E-state index in [1.807, 2.05) is 0 Å². The van der Waals surface area contributed by atoms with Crippen molar-refractivity contribution in [2.45, 2.75) is 0 Å². The van der Waals surface area contributed by atoms with Crippen molar-refractivity contribution in [1.82, 2.24) is 0 Å². The molecule has 0 aliphatic heterocycles. The molecule has 0 amide bonds. The molecule has 0 aliphatic rings. The summed E-state index contributed by atoms with van der Waals surface area (Å²) in [6.07, 6.45) is 0. The summed E-state index contributed by atoms with van der Waals surface area (Å²) in [5, 5.41) is 0. The van der Waals surface area contributed by atoms with Gasteiger partial charge in [0.05, 0.1) is 0 Å². The van der Waals surface area contributed by atoms with E-state index >= 15 is 0 Å². The van der Waals surface area contributed by atoms with Crippen molar-refractivity contribution in [3.05, 3.63) is 0 Å². The Kier molecular flexibility index (Phi) is 139. The first-order chi connectivity index (χ1) is 1.41. The Morgan fingerprint density at radius 1 is 1.17 bits per heavy atom.